The minimum atomic E-state index is -0.537. The maximum Gasteiger partial charge on any atom is 0.231 e. The molecule has 18 heavy (non-hydrogen) atoms. The second kappa shape index (κ2) is 5.89. The molecule has 1 aliphatic heterocycles. The Kier molecular flexibility index (Phi) is 4.23. The highest BCUT2D eigenvalue weighted by Crippen LogP contribution is 2.33. The first-order valence-corrected chi connectivity index (χ1v) is 6.08. The Bertz CT molecular complexity index is 439. The van der Waals surface area contributed by atoms with Gasteiger partial charge in [0.15, 0.2) is 11.5 Å². The summed E-state index contributed by atoms with van der Waals surface area (Å²) < 4.78 is 10.5. The van der Waals surface area contributed by atoms with Crippen molar-refractivity contribution < 1.29 is 14.6 Å². The molecule has 4 heteroatoms. The van der Waals surface area contributed by atoms with Gasteiger partial charge in [-0.1, -0.05) is 17.7 Å². The van der Waals surface area contributed by atoms with E-state index in [-0.39, 0.29) is 6.79 Å². The first kappa shape index (κ1) is 12.9. The van der Waals surface area contributed by atoms with Crippen LogP contribution in [0.1, 0.15) is 25.5 Å². The minimum absolute atomic E-state index is 0.258. The lowest BCUT2D eigenvalue weighted by Crippen LogP contribution is -2.21. The molecule has 98 valence electrons. The van der Waals surface area contributed by atoms with Gasteiger partial charge in [0.05, 0.1) is 6.10 Å². The van der Waals surface area contributed by atoms with E-state index in [1.807, 2.05) is 18.2 Å². The average molecular weight is 249 g/mol. The summed E-state index contributed by atoms with van der Waals surface area (Å²) >= 11 is 0. The topological polar surface area (TPSA) is 50.7 Å². The summed E-state index contributed by atoms with van der Waals surface area (Å²) in [7, 11) is 0. The van der Waals surface area contributed by atoms with Crippen LogP contribution in [-0.2, 0) is 0 Å². The van der Waals surface area contributed by atoms with Crippen LogP contribution in [-0.4, -0.2) is 25.0 Å². The molecule has 1 aromatic carbocycles. The van der Waals surface area contributed by atoms with E-state index in [1.54, 1.807) is 0 Å². The smallest absolute Gasteiger partial charge is 0.231 e. The number of allylic oxidation sites excluding steroid dienone is 1. The van der Waals surface area contributed by atoms with Crippen molar-refractivity contribution in [3.05, 3.63) is 35.4 Å². The lowest BCUT2D eigenvalue weighted by Gasteiger charge is -2.12. The number of hydrogen-bond acceptors (Lipinski definition) is 4. The average Bonchev–Trinajstić information content (AvgIpc) is 2.81. The summed E-state index contributed by atoms with van der Waals surface area (Å²) in [5.74, 6) is 1.44. The SMILES string of the molecule is CC(C)=CCNCC(O)c1ccc2c(c1)OCO2. The maximum absolute atomic E-state index is 10.0. The van der Waals surface area contributed by atoms with E-state index in [4.69, 9.17) is 9.47 Å². The molecule has 4 nitrogen and oxygen atoms in total. The van der Waals surface area contributed by atoms with Gasteiger partial charge >= 0.3 is 0 Å². The molecular formula is C14H19NO3. The van der Waals surface area contributed by atoms with Gasteiger partial charge in [0.2, 0.25) is 6.79 Å². The van der Waals surface area contributed by atoms with Gasteiger partial charge in [-0.15, -0.1) is 0 Å². The predicted molar refractivity (Wildman–Crippen MR) is 69.8 cm³/mol. The molecule has 0 saturated carbocycles. The van der Waals surface area contributed by atoms with Gasteiger partial charge < -0.3 is 19.9 Å². The van der Waals surface area contributed by atoms with E-state index in [2.05, 4.69) is 25.2 Å². The third-order valence-electron chi connectivity index (χ3n) is 2.77. The van der Waals surface area contributed by atoms with Crippen LogP contribution >= 0.6 is 0 Å². The molecule has 0 aliphatic carbocycles. The number of hydrogen-bond donors (Lipinski definition) is 2. The summed E-state index contributed by atoms with van der Waals surface area (Å²) in [4.78, 5) is 0. The van der Waals surface area contributed by atoms with Crippen molar-refractivity contribution >= 4 is 0 Å². The monoisotopic (exact) mass is 249 g/mol. The number of aliphatic hydroxyl groups is 1. The Hall–Kier alpha value is -1.52. The molecule has 0 bridgehead atoms. The van der Waals surface area contributed by atoms with E-state index < -0.39 is 6.10 Å². The number of aliphatic hydroxyl groups excluding tert-OH is 1. The lowest BCUT2D eigenvalue weighted by molar-refractivity contribution is 0.171. The molecule has 0 amide bonds. The van der Waals surface area contributed by atoms with Crippen LogP contribution in [0.15, 0.2) is 29.8 Å². The number of ether oxygens (including phenoxy) is 2. The normalized spacial score (nSPS) is 14.4. The van der Waals surface area contributed by atoms with Crippen LogP contribution in [0.3, 0.4) is 0 Å². The van der Waals surface area contributed by atoms with Crippen molar-refractivity contribution in [1.29, 1.82) is 0 Å². The standard InChI is InChI=1S/C14H19NO3/c1-10(2)5-6-15-8-12(16)11-3-4-13-14(7-11)18-9-17-13/h3-5,7,12,15-16H,6,8-9H2,1-2H3. The Labute approximate surface area is 107 Å². The van der Waals surface area contributed by atoms with Crippen LogP contribution in [0.25, 0.3) is 0 Å². The number of nitrogens with one attached hydrogen (secondary N) is 1. The fourth-order valence-corrected chi connectivity index (χ4v) is 1.73. The molecule has 1 aliphatic rings. The zero-order valence-electron chi connectivity index (χ0n) is 10.8. The number of benzene rings is 1. The molecule has 0 saturated heterocycles. The van der Waals surface area contributed by atoms with E-state index >= 15 is 0 Å². The molecule has 1 unspecified atom stereocenters. The molecule has 2 rings (SSSR count). The minimum Gasteiger partial charge on any atom is -0.454 e. The summed E-state index contributed by atoms with van der Waals surface area (Å²) in [6, 6.07) is 5.52. The van der Waals surface area contributed by atoms with Crippen LogP contribution in [0.5, 0.6) is 11.5 Å². The molecule has 0 fully saturated rings. The highest BCUT2D eigenvalue weighted by Gasteiger charge is 2.16. The third-order valence-corrected chi connectivity index (χ3v) is 2.77. The van der Waals surface area contributed by atoms with E-state index in [1.165, 1.54) is 5.57 Å². The van der Waals surface area contributed by atoms with E-state index in [0.29, 0.717) is 12.3 Å². The largest absolute Gasteiger partial charge is 0.454 e. The van der Waals surface area contributed by atoms with Crippen LogP contribution in [0.2, 0.25) is 0 Å². The van der Waals surface area contributed by atoms with Gasteiger partial charge in [-0.2, -0.15) is 0 Å². The van der Waals surface area contributed by atoms with E-state index in [0.717, 1.165) is 17.9 Å². The zero-order valence-corrected chi connectivity index (χ0v) is 10.8. The van der Waals surface area contributed by atoms with Crippen LogP contribution < -0.4 is 14.8 Å². The molecular weight excluding hydrogens is 230 g/mol. The van der Waals surface area contributed by atoms with Crippen LogP contribution in [0, 0.1) is 0 Å². The molecule has 0 spiro atoms. The first-order valence-electron chi connectivity index (χ1n) is 6.08. The second-order valence-electron chi connectivity index (χ2n) is 4.57. The van der Waals surface area contributed by atoms with Crippen molar-refractivity contribution in [2.24, 2.45) is 0 Å². The van der Waals surface area contributed by atoms with Crippen molar-refractivity contribution in [2.75, 3.05) is 19.9 Å². The van der Waals surface area contributed by atoms with Crippen molar-refractivity contribution in [2.45, 2.75) is 20.0 Å². The van der Waals surface area contributed by atoms with Gasteiger partial charge in [-0.05, 0) is 31.5 Å². The van der Waals surface area contributed by atoms with Gasteiger partial charge in [0.25, 0.3) is 0 Å². The van der Waals surface area contributed by atoms with Gasteiger partial charge in [0, 0.05) is 13.1 Å². The first-order chi connectivity index (χ1) is 8.66. The Morgan fingerprint density at radius 3 is 2.94 bits per heavy atom. The fraction of sp³-hybridized carbons (Fsp3) is 0.429. The summed E-state index contributed by atoms with van der Waals surface area (Å²) in [5.41, 5.74) is 2.10. The summed E-state index contributed by atoms with van der Waals surface area (Å²) in [5, 5.41) is 13.2. The third kappa shape index (κ3) is 3.24. The zero-order chi connectivity index (χ0) is 13.0. The molecule has 1 aromatic rings. The fourth-order valence-electron chi connectivity index (χ4n) is 1.73. The van der Waals surface area contributed by atoms with Crippen molar-refractivity contribution in [3.8, 4) is 11.5 Å². The Balaban J connectivity index is 1.89. The molecule has 1 atom stereocenters. The lowest BCUT2D eigenvalue weighted by atomic mass is 10.1. The highest BCUT2D eigenvalue weighted by atomic mass is 16.7. The van der Waals surface area contributed by atoms with E-state index in [9.17, 15) is 5.11 Å². The van der Waals surface area contributed by atoms with Gasteiger partial charge in [-0.25, -0.2) is 0 Å². The molecule has 1 heterocycles. The summed E-state index contributed by atoms with van der Waals surface area (Å²) in [6.07, 6.45) is 1.55. The number of rotatable bonds is 5. The van der Waals surface area contributed by atoms with Crippen molar-refractivity contribution in [1.82, 2.24) is 5.32 Å². The van der Waals surface area contributed by atoms with Gasteiger partial charge in [0.1, 0.15) is 0 Å². The van der Waals surface area contributed by atoms with Gasteiger partial charge in [-0.3, -0.25) is 0 Å². The quantitative estimate of drug-likeness (QED) is 0.619. The Morgan fingerprint density at radius 1 is 1.39 bits per heavy atom. The Morgan fingerprint density at radius 2 is 2.17 bits per heavy atom. The predicted octanol–water partition coefficient (Wildman–Crippen LogP) is 2.00. The maximum atomic E-state index is 10.0. The molecule has 2 N–H and O–H groups in total. The molecule has 0 aromatic heterocycles. The highest BCUT2D eigenvalue weighted by molar-refractivity contribution is 5.45. The number of fused-ring (bicyclic) bond motifs is 1. The second-order valence-corrected chi connectivity index (χ2v) is 4.57. The summed E-state index contributed by atoms with van der Waals surface area (Å²) in [6.45, 7) is 5.65. The van der Waals surface area contributed by atoms with Crippen molar-refractivity contribution in [3.63, 3.8) is 0 Å². The molecule has 0 radical (unpaired) electrons. The van der Waals surface area contributed by atoms with Crippen LogP contribution in [0.4, 0.5) is 0 Å².